The number of likely N-dealkylation sites (tertiary alicyclic amines) is 2. The fourth-order valence-corrected chi connectivity index (χ4v) is 4.18. The average molecular weight is 529 g/mol. The van der Waals surface area contributed by atoms with E-state index in [1.165, 1.54) is 5.56 Å². The molecule has 4 heterocycles. The van der Waals surface area contributed by atoms with Gasteiger partial charge in [0.25, 0.3) is 0 Å². The first-order valence-electron chi connectivity index (χ1n) is 10.8. The van der Waals surface area contributed by atoms with E-state index in [2.05, 4.69) is 9.88 Å². The number of carbonyl (C=O) groups excluding carboxylic acids is 1. The van der Waals surface area contributed by atoms with Crippen LogP contribution in [0.4, 0.5) is 26.3 Å². The molecule has 202 valence electrons. The number of hydrogen-bond donors (Lipinski definition) is 2. The number of aromatic nitrogens is 1. The van der Waals surface area contributed by atoms with Crippen LogP contribution in [0.15, 0.2) is 24.5 Å². The van der Waals surface area contributed by atoms with Crippen molar-refractivity contribution in [3.63, 3.8) is 0 Å². The van der Waals surface area contributed by atoms with Crippen LogP contribution in [0.25, 0.3) is 0 Å². The summed E-state index contributed by atoms with van der Waals surface area (Å²) in [5.74, 6) is -4.45. The molecule has 3 aliphatic rings. The quantitative estimate of drug-likeness (QED) is 0.573. The Morgan fingerprint density at radius 3 is 1.89 bits per heavy atom. The minimum atomic E-state index is -5.08. The summed E-state index contributed by atoms with van der Waals surface area (Å²) in [5, 5.41) is 14.2. The molecular weight excluding hydrogens is 504 g/mol. The number of pyridine rings is 1. The number of halogens is 6. The highest BCUT2D eigenvalue weighted by atomic mass is 19.4. The Balaban J connectivity index is 0.000000271. The lowest BCUT2D eigenvalue weighted by atomic mass is 10.0. The number of rotatable bonds is 3. The maximum absolute atomic E-state index is 12.7. The molecule has 0 radical (unpaired) electrons. The molecular formula is C21H25F6N3O6. The lowest BCUT2D eigenvalue weighted by Gasteiger charge is -2.32. The van der Waals surface area contributed by atoms with Crippen LogP contribution in [0.5, 0.6) is 0 Å². The van der Waals surface area contributed by atoms with E-state index in [1.807, 2.05) is 17.0 Å². The topological polar surface area (TPSA) is 120 Å². The zero-order valence-electron chi connectivity index (χ0n) is 18.8. The van der Waals surface area contributed by atoms with Gasteiger partial charge >= 0.3 is 24.3 Å². The Kier molecular flexibility index (Phi) is 10.0. The van der Waals surface area contributed by atoms with Gasteiger partial charge in [-0.15, -0.1) is 0 Å². The third-order valence-electron chi connectivity index (χ3n) is 5.87. The molecule has 4 rings (SSSR count). The Hall–Kier alpha value is -2.94. The summed E-state index contributed by atoms with van der Waals surface area (Å²) in [4.78, 5) is 39.1. The van der Waals surface area contributed by atoms with Crippen molar-refractivity contribution in [2.24, 2.45) is 11.8 Å². The highest BCUT2D eigenvalue weighted by molar-refractivity contribution is 5.82. The molecule has 0 spiro atoms. The summed E-state index contributed by atoms with van der Waals surface area (Å²) >= 11 is 0. The van der Waals surface area contributed by atoms with Crippen LogP contribution in [-0.2, 0) is 25.7 Å². The summed E-state index contributed by atoms with van der Waals surface area (Å²) in [7, 11) is 0. The standard InChI is InChI=1S/C17H23N3O2.2C2HF3O2/c21-17-16-12-19(15-3-7-22-8-4-15)10-14(16)11-20(17)9-13-1-5-18-6-2-13;2*3-2(4,5)1(6)7/h1-2,5-6,14-16H,3-4,7-12H2;2*(H,6,7)/t14-,16-;;/m0../s1. The van der Waals surface area contributed by atoms with E-state index in [9.17, 15) is 31.1 Å². The predicted octanol–water partition coefficient (Wildman–Crippen LogP) is 2.42. The molecule has 1 aromatic heterocycles. The first-order valence-corrected chi connectivity index (χ1v) is 10.8. The molecule has 3 saturated heterocycles. The number of alkyl halides is 6. The highest BCUT2D eigenvalue weighted by Gasteiger charge is 2.47. The highest BCUT2D eigenvalue weighted by Crippen LogP contribution is 2.35. The van der Waals surface area contributed by atoms with E-state index in [-0.39, 0.29) is 5.92 Å². The Morgan fingerprint density at radius 2 is 1.44 bits per heavy atom. The van der Waals surface area contributed by atoms with Crippen LogP contribution in [0, 0.1) is 11.8 Å². The van der Waals surface area contributed by atoms with Crippen LogP contribution in [0.1, 0.15) is 18.4 Å². The molecule has 0 unspecified atom stereocenters. The van der Waals surface area contributed by atoms with Crippen molar-refractivity contribution < 1.29 is 55.7 Å². The summed E-state index contributed by atoms with van der Waals surface area (Å²) in [6, 6.07) is 4.62. The van der Waals surface area contributed by atoms with Crippen molar-refractivity contribution in [1.82, 2.24) is 14.8 Å². The van der Waals surface area contributed by atoms with Gasteiger partial charge in [-0.2, -0.15) is 26.3 Å². The number of fused-ring (bicyclic) bond motifs is 1. The van der Waals surface area contributed by atoms with Gasteiger partial charge in [0.1, 0.15) is 0 Å². The molecule has 1 amide bonds. The van der Waals surface area contributed by atoms with E-state index in [0.29, 0.717) is 17.9 Å². The summed E-state index contributed by atoms with van der Waals surface area (Å²) in [5.41, 5.74) is 1.17. The molecule has 3 fully saturated rings. The van der Waals surface area contributed by atoms with Gasteiger partial charge < -0.3 is 19.8 Å². The molecule has 0 aliphatic carbocycles. The molecule has 3 aliphatic heterocycles. The van der Waals surface area contributed by atoms with Gasteiger partial charge in [0, 0.05) is 63.7 Å². The summed E-state index contributed by atoms with van der Waals surface area (Å²) in [6.45, 7) is 5.41. The van der Waals surface area contributed by atoms with Crippen LogP contribution >= 0.6 is 0 Å². The van der Waals surface area contributed by atoms with Crippen molar-refractivity contribution in [1.29, 1.82) is 0 Å². The number of aliphatic carboxylic acids is 2. The Bertz CT molecular complexity index is 868. The second-order valence-electron chi connectivity index (χ2n) is 8.34. The first-order chi connectivity index (χ1) is 16.7. The zero-order valence-corrected chi connectivity index (χ0v) is 18.8. The molecule has 0 bridgehead atoms. The lowest BCUT2D eigenvalue weighted by Crippen LogP contribution is -2.40. The second-order valence-corrected chi connectivity index (χ2v) is 8.34. The number of carboxylic acids is 2. The molecule has 1 aromatic rings. The number of hydrogen-bond acceptors (Lipinski definition) is 6. The third-order valence-corrected chi connectivity index (χ3v) is 5.87. The van der Waals surface area contributed by atoms with E-state index in [4.69, 9.17) is 24.5 Å². The monoisotopic (exact) mass is 529 g/mol. The van der Waals surface area contributed by atoms with Gasteiger partial charge in [0.15, 0.2) is 0 Å². The number of carbonyl (C=O) groups is 3. The number of ether oxygens (including phenoxy) is 1. The largest absolute Gasteiger partial charge is 0.490 e. The fraction of sp³-hybridized carbons (Fsp3) is 0.619. The number of nitrogens with zero attached hydrogens (tertiary/aromatic N) is 3. The molecule has 2 N–H and O–H groups in total. The Morgan fingerprint density at radius 1 is 0.944 bits per heavy atom. The second kappa shape index (κ2) is 12.3. The zero-order chi connectivity index (χ0) is 27.1. The van der Waals surface area contributed by atoms with Crippen LogP contribution in [0.3, 0.4) is 0 Å². The number of amides is 1. The Labute approximate surface area is 201 Å². The molecule has 15 heteroatoms. The first kappa shape index (κ1) is 29.3. The lowest BCUT2D eigenvalue weighted by molar-refractivity contribution is -0.193. The van der Waals surface area contributed by atoms with Gasteiger partial charge in [0.05, 0.1) is 5.92 Å². The fourth-order valence-electron chi connectivity index (χ4n) is 4.18. The maximum Gasteiger partial charge on any atom is 0.490 e. The van der Waals surface area contributed by atoms with Crippen molar-refractivity contribution in [2.75, 3.05) is 32.8 Å². The number of carboxylic acid groups (broad SMARTS) is 2. The molecule has 2 atom stereocenters. The van der Waals surface area contributed by atoms with Crippen LogP contribution in [-0.4, -0.2) is 94.1 Å². The minimum Gasteiger partial charge on any atom is -0.475 e. The van der Waals surface area contributed by atoms with Gasteiger partial charge in [0.2, 0.25) is 5.91 Å². The van der Waals surface area contributed by atoms with Gasteiger partial charge in [-0.3, -0.25) is 14.7 Å². The normalized spacial score (nSPS) is 22.7. The van der Waals surface area contributed by atoms with E-state index in [1.54, 1.807) is 12.4 Å². The van der Waals surface area contributed by atoms with Crippen LogP contribution < -0.4 is 0 Å². The molecule has 0 saturated carbocycles. The van der Waals surface area contributed by atoms with Crippen molar-refractivity contribution in [3.8, 4) is 0 Å². The summed E-state index contributed by atoms with van der Waals surface area (Å²) < 4.78 is 68.9. The SMILES string of the molecule is O=C(O)C(F)(F)F.O=C(O)C(F)(F)F.O=C1[C@H]2CN(C3CCOCC3)C[C@H]2CN1Cc1ccncc1. The summed E-state index contributed by atoms with van der Waals surface area (Å²) in [6.07, 6.45) is -4.34. The van der Waals surface area contributed by atoms with E-state index in [0.717, 1.165) is 52.2 Å². The minimum absolute atomic E-state index is 0.213. The van der Waals surface area contributed by atoms with E-state index >= 15 is 0 Å². The third kappa shape index (κ3) is 8.62. The smallest absolute Gasteiger partial charge is 0.475 e. The maximum atomic E-state index is 12.7. The molecule has 36 heavy (non-hydrogen) atoms. The average Bonchev–Trinajstić information content (AvgIpc) is 3.34. The predicted molar refractivity (Wildman–Crippen MR) is 109 cm³/mol. The van der Waals surface area contributed by atoms with Crippen molar-refractivity contribution >= 4 is 17.8 Å². The van der Waals surface area contributed by atoms with E-state index < -0.39 is 24.3 Å². The van der Waals surface area contributed by atoms with Gasteiger partial charge in [-0.1, -0.05) is 0 Å². The van der Waals surface area contributed by atoms with Gasteiger partial charge in [-0.05, 0) is 30.5 Å². The molecule has 0 aromatic carbocycles. The van der Waals surface area contributed by atoms with Crippen molar-refractivity contribution in [2.45, 2.75) is 37.8 Å². The van der Waals surface area contributed by atoms with Crippen molar-refractivity contribution in [3.05, 3.63) is 30.1 Å². The van der Waals surface area contributed by atoms with Crippen LogP contribution in [0.2, 0.25) is 0 Å². The van der Waals surface area contributed by atoms with Gasteiger partial charge in [-0.25, -0.2) is 9.59 Å². The molecule has 9 nitrogen and oxygen atoms in total.